The molecule has 164 valence electrons. The van der Waals surface area contributed by atoms with E-state index in [-0.39, 0.29) is 11.7 Å². The molecule has 4 rings (SSSR count). The van der Waals surface area contributed by atoms with Crippen molar-refractivity contribution in [1.82, 2.24) is 0 Å². The van der Waals surface area contributed by atoms with Gasteiger partial charge in [0.25, 0.3) is 0 Å². The first-order valence-corrected chi connectivity index (χ1v) is 11.3. The summed E-state index contributed by atoms with van der Waals surface area (Å²) in [4.78, 5) is 13.3. The average Bonchev–Trinajstić information content (AvgIpc) is 2.82. The second-order valence-corrected chi connectivity index (χ2v) is 8.71. The van der Waals surface area contributed by atoms with Gasteiger partial charge in [-0.05, 0) is 55.2 Å². The van der Waals surface area contributed by atoms with Crippen molar-refractivity contribution in [3.63, 3.8) is 0 Å². The fraction of sp³-hybridized carbons (Fsp3) is 0.333. The molecule has 1 atom stereocenters. The van der Waals surface area contributed by atoms with Crippen LogP contribution >= 0.6 is 0 Å². The first-order chi connectivity index (χ1) is 15.5. The molecule has 1 fully saturated rings. The highest BCUT2D eigenvalue weighted by molar-refractivity contribution is 6.01. The molecule has 0 aliphatic heterocycles. The molecule has 0 radical (unpaired) electrons. The molecule has 3 aromatic carbocycles. The van der Waals surface area contributed by atoms with Crippen LogP contribution in [0.25, 0.3) is 10.8 Å². The van der Waals surface area contributed by atoms with Gasteiger partial charge in [-0.2, -0.15) is 5.26 Å². The zero-order valence-corrected chi connectivity index (χ0v) is 18.3. The van der Waals surface area contributed by atoms with E-state index in [9.17, 15) is 14.4 Å². The number of hydrogen-bond donors (Lipinski definition) is 2. The SMILES string of the molecule is Cc1cc(NC(=O)[C@H](CC2CCCCC2)Nc2ccc(C#N)c3ccccc23)ccc1F. The molecular weight excluding hydrogens is 401 g/mol. The Labute approximate surface area is 188 Å². The van der Waals surface area contributed by atoms with Crippen LogP contribution < -0.4 is 10.6 Å². The summed E-state index contributed by atoms with van der Waals surface area (Å²) >= 11 is 0. The minimum atomic E-state index is -0.431. The number of carbonyl (C=O) groups is 1. The van der Waals surface area contributed by atoms with Gasteiger partial charge < -0.3 is 10.6 Å². The van der Waals surface area contributed by atoms with E-state index in [1.807, 2.05) is 30.3 Å². The summed E-state index contributed by atoms with van der Waals surface area (Å²) in [7, 11) is 0. The third-order valence-electron chi connectivity index (χ3n) is 6.41. The first-order valence-electron chi connectivity index (χ1n) is 11.3. The van der Waals surface area contributed by atoms with E-state index in [0.29, 0.717) is 22.7 Å². The number of nitrogens with zero attached hydrogens (tertiary/aromatic N) is 1. The number of anilines is 2. The van der Waals surface area contributed by atoms with Crippen LogP contribution in [0.3, 0.4) is 0 Å². The van der Waals surface area contributed by atoms with Crippen LogP contribution in [-0.2, 0) is 4.79 Å². The largest absolute Gasteiger partial charge is 0.373 e. The minimum Gasteiger partial charge on any atom is -0.373 e. The third-order valence-corrected chi connectivity index (χ3v) is 6.41. The Morgan fingerprint density at radius 1 is 1.09 bits per heavy atom. The number of nitrogens with one attached hydrogen (secondary N) is 2. The van der Waals surface area contributed by atoms with E-state index in [0.717, 1.165) is 35.7 Å². The Balaban J connectivity index is 1.62. The maximum absolute atomic E-state index is 13.7. The summed E-state index contributed by atoms with van der Waals surface area (Å²) in [5, 5.41) is 17.7. The Kier molecular flexibility index (Phi) is 6.70. The van der Waals surface area contributed by atoms with Gasteiger partial charge in [-0.25, -0.2) is 4.39 Å². The standard InChI is InChI=1S/C27H28FN3O/c1-18-15-21(12-13-24(18)28)30-27(32)26(16-19-7-3-2-4-8-19)31-25-14-11-20(17-29)22-9-5-6-10-23(22)25/h5-6,9-15,19,26,31H,2-4,7-8,16H2,1H3,(H,30,32)/t26-/m0/s1. The van der Waals surface area contributed by atoms with Crippen molar-refractivity contribution in [3.8, 4) is 6.07 Å². The van der Waals surface area contributed by atoms with Gasteiger partial charge in [-0.3, -0.25) is 4.79 Å². The number of aryl methyl sites for hydroxylation is 1. The highest BCUT2D eigenvalue weighted by Gasteiger charge is 2.25. The summed E-state index contributed by atoms with van der Waals surface area (Å²) in [6.07, 6.45) is 6.67. The summed E-state index contributed by atoms with van der Waals surface area (Å²) in [6.45, 7) is 1.69. The van der Waals surface area contributed by atoms with Crippen molar-refractivity contribution in [2.24, 2.45) is 5.92 Å². The summed E-state index contributed by atoms with van der Waals surface area (Å²) < 4.78 is 13.7. The number of hydrogen-bond acceptors (Lipinski definition) is 3. The van der Waals surface area contributed by atoms with Crippen LogP contribution in [0.1, 0.15) is 49.7 Å². The fourth-order valence-electron chi connectivity index (χ4n) is 4.65. The lowest BCUT2D eigenvalue weighted by Crippen LogP contribution is -2.37. The topological polar surface area (TPSA) is 64.9 Å². The van der Waals surface area contributed by atoms with Gasteiger partial charge in [0, 0.05) is 22.1 Å². The van der Waals surface area contributed by atoms with Crippen LogP contribution in [0.2, 0.25) is 0 Å². The lowest BCUT2D eigenvalue weighted by Gasteiger charge is -2.27. The Morgan fingerprint density at radius 2 is 1.84 bits per heavy atom. The van der Waals surface area contributed by atoms with E-state index in [1.54, 1.807) is 25.1 Å². The lowest BCUT2D eigenvalue weighted by atomic mass is 9.84. The van der Waals surface area contributed by atoms with Gasteiger partial charge in [0.1, 0.15) is 11.9 Å². The maximum Gasteiger partial charge on any atom is 0.246 e. The van der Waals surface area contributed by atoms with E-state index >= 15 is 0 Å². The molecule has 3 aromatic rings. The highest BCUT2D eigenvalue weighted by atomic mass is 19.1. The minimum absolute atomic E-state index is 0.130. The lowest BCUT2D eigenvalue weighted by molar-refractivity contribution is -0.117. The van der Waals surface area contributed by atoms with E-state index < -0.39 is 6.04 Å². The van der Waals surface area contributed by atoms with Gasteiger partial charge in [-0.15, -0.1) is 0 Å². The molecular formula is C27H28FN3O. The normalized spacial score (nSPS) is 15.2. The van der Waals surface area contributed by atoms with Crippen LogP contribution in [0.4, 0.5) is 15.8 Å². The number of nitriles is 1. The molecule has 1 aliphatic carbocycles. The van der Waals surface area contributed by atoms with Gasteiger partial charge in [0.2, 0.25) is 5.91 Å². The van der Waals surface area contributed by atoms with Crippen molar-refractivity contribution in [2.75, 3.05) is 10.6 Å². The molecule has 5 heteroatoms. The number of amides is 1. The predicted molar refractivity (Wildman–Crippen MR) is 127 cm³/mol. The second-order valence-electron chi connectivity index (χ2n) is 8.71. The number of fused-ring (bicyclic) bond motifs is 1. The first kappa shape index (κ1) is 21.8. The number of carbonyl (C=O) groups excluding carboxylic acids is 1. The predicted octanol–water partition coefficient (Wildman–Crippen LogP) is 6.55. The van der Waals surface area contributed by atoms with Gasteiger partial charge in [0.15, 0.2) is 0 Å². The van der Waals surface area contributed by atoms with Crippen LogP contribution in [-0.4, -0.2) is 11.9 Å². The van der Waals surface area contributed by atoms with Crippen molar-refractivity contribution in [3.05, 3.63) is 71.5 Å². The molecule has 1 saturated carbocycles. The molecule has 0 bridgehead atoms. The quantitative estimate of drug-likeness (QED) is 0.467. The van der Waals surface area contributed by atoms with Crippen molar-refractivity contribution in [1.29, 1.82) is 5.26 Å². The highest BCUT2D eigenvalue weighted by Crippen LogP contribution is 2.31. The average molecular weight is 430 g/mol. The van der Waals surface area contributed by atoms with Gasteiger partial charge in [-0.1, -0.05) is 56.4 Å². The van der Waals surface area contributed by atoms with Crippen molar-refractivity contribution >= 4 is 28.1 Å². The Morgan fingerprint density at radius 3 is 2.56 bits per heavy atom. The fourth-order valence-corrected chi connectivity index (χ4v) is 4.65. The summed E-state index contributed by atoms with van der Waals surface area (Å²) in [5.74, 6) is 0.0746. The number of rotatable bonds is 6. The van der Waals surface area contributed by atoms with Crippen molar-refractivity contribution in [2.45, 2.75) is 51.5 Å². The molecule has 0 saturated heterocycles. The molecule has 2 N–H and O–H groups in total. The summed E-state index contributed by atoms with van der Waals surface area (Å²) in [6, 6.07) is 17.9. The smallest absolute Gasteiger partial charge is 0.246 e. The Hall–Kier alpha value is -3.39. The molecule has 0 spiro atoms. The monoisotopic (exact) mass is 429 g/mol. The van der Waals surface area contributed by atoms with Crippen molar-refractivity contribution < 1.29 is 9.18 Å². The second kappa shape index (κ2) is 9.82. The van der Waals surface area contributed by atoms with E-state index in [2.05, 4.69) is 16.7 Å². The molecule has 0 unspecified atom stereocenters. The molecule has 4 nitrogen and oxygen atoms in total. The number of halogens is 1. The Bertz CT molecular complexity index is 1160. The molecule has 0 heterocycles. The van der Waals surface area contributed by atoms with Crippen LogP contribution in [0.5, 0.6) is 0 Å². The van der Waals surface area contributed by atoms with E-state index in [1.165, 1.54) is 25.3 Å². The molecule has 32 heavy (non-hydrogen) atoms. The van der Waals surface area contributed by atoms with Crippen LogP contribution in [0, 0.1) is 30.0 Å². The van der Waals surface area contributed by atoms with Gasteiger partial charge in [0.05, 0.1) is 11.6 Å². The molecule has 1 aliphatic rings. The maximum atomic E-state index is 13.7. The molecule has 1 amide bonds. The number of benzene rings is 3. The van der Waals surface area contributed by atoms with Gasteiger partial charge >= 0.3 is 0 Å². The molecule has 0 aromatic heterocycles. The third kappa shape index (κ3) is 4.91. The summed E-state index contributed by atoms with van der Waals surface area (Å²) in [5.41, 5.74) is 2.54. The zero-order chi connectivity index (χ0) is 22.5. The van der Waals surface area contributed by atoms with E-state index in [4.69, 9.17) is 0 Å². The van der Waals surface area contributed by atoms with Crippen LogP contribution in [0.15, 0.2) is 54.6 Å². The zero-order valence-electron chi connectivity index (χ0n) is 18.3.